The number of pyridine rings is 1. The molecule has 1 rings (SSSR count). The summed E-state index contributed by atoms with van der Waals surface area (Å²) in [6, 6.07) is 3.79. The maximum atomic E-state index is 11.3. The fourth-order valence-corrected chi connectivity index (χ4v) is 2.21. The van der Waals surface area contributed by atoms with Crippen LogP contribution in [-0.4, -0.2) is 26.3 Å². The van der Waals surface area contributed by atoms with Gasteiger partial charge < -0.3 is 9.74 Å². The van der Waals surface area contributed by atoms with Gasteiger partial charge >= 0.3 is 0 Å². The molecule has 1 aromatic heterocycles. The molecule has 0 aliphatic carbocycles. The van der Waals surface area contributed by atoms with E-state index in [2.05, 4.69) is 29.9 Å². The van der Waals surface area contributed by atoms with Crippen LogP contribution in [0.5, 0.6) is 0 Å². The molecule has 0 saturated carbocycles. The zero-order chi connectivity index (χ0) is 13.6. The van der Waals surface area contributed by atoms with Gasteiger partial charge in [0.2, 0.25) is 14.2 Å². The van der Waals surface area contributed by atoms with E-state index < -0.39 is 8.32 Å². The molecule has 0 radical (unpaired) electrons. The molecule has 0 bridgehead atoms. The Labute approximate surface area is 109 Å². The minimum absolute atomic E-state index is 0.0319. The SMILES string of the molecule is CNC(=O)C/C=C(/O[Si](C)(C)C)c1cccnc1. The van der Waals surface area contributed by atoms with Gasteiger partial charge in [-0.2, -0.15) is 0 Å². The third kappa shape index (κ3) is 5.14. The van der Waals surface area contributed by atoms with Gasteiger partial charge in [-0.1, -0.05) is 0 Å². The third-order valence-electron chi connectivity index (χ3n) is 2.11. The molecule has 18 heavy (non-hydrogen) atoms. The van der Waals surface area contributed by atoms with E-state index in [1.807, 2.05) is 18.2 Å². The van der Waals surface area contributed by atoms with Gasteiger partial charge in [-0.05, 0) is 37.8 Å². The molecule has 0 unspecified atom stereocenters. The van der Waals surface area contributed by atoms with E-state index in [9.17, 15) is 4.79 Å². The highest BCUT2D eigenvalue weighted by Gasteiger charge is 2.18. The average Bonchev–Trinajstić information content (AvgIpc) is 2.33. The molecular weight excluding hydrogens is 244 g/mol. The highest BCUT2D eigenvalue weighted by Crippen LogP contribution is 2.20. The van der Waals surface area contributed by atoms with Crippen LogP contribution in [0, 0.1) is 0 Å². The minimum atomic E-state index is -1.71. The lowest BCUT2D eigenvalue weighted by Gasteiger charge is -2.22. The Morgan fingerprint density at radius 2 is 2.22 bits per heavy atom. The van der Waals surface area contributed by atoms with E-state index in [1.54, 1.807) is 19.4 Å². The first-order valence-electron chi connectivity index (χ1n) is 5.92. The fourth-order valence-electron chi connectivity index (χ4n) is 1.34. The van der Waals surface area contributed by atoms with Crippen molar-refractivity contribution in [3.63, 3.8) is 0 Å². The number of carbonyl (C=O) groups excluding carboxylic acids is 1. The van der Waals surface area contributed by atoms with Crippen LogP contribution in [0.15, 0.2) is 30.6 Å². The van der Waals surface area contributed by atoms with Crippen LogP contribution in [0.25, 0.3) is 5.76 Å². The van der Waals surface area contributed by atoms with Crippen LogP contribution in [0.1, 0.15) is 12.0 Å². The topological polar surface area (TPSA) is 51.2 Å². The summed E-state index contributed by atoms with van der Waals surface area (Å²) >= 11 is 0. The molecule has 0 aliphatic rings. The Morgan fingerprint density at radius 1 is 1.50 bits per heavy atom. The van der Waals surface area contributed by atoms with Gasteiger partial charge in [0.1, 0.15) is 5.76 Å². The lowest BCUT2D eigenvalue weighted by Crippen LogP contribution is -2.24. The van der Waals surface area contributed by atoms with E-state index in [0.29, 0.717) is 6.42 Å². The van der Waals surface area contributed by atoms with E-state index in [1.165, 1.54) is 0 Å². The summed E-state index contributed by atoms with van der Waals surface area (Å²) < 4.78 is 6.00. The summed E-state index contributed by atoms with van der Waals surface area (Å²) in [7, 11) is -0.0888. The highest BCUT2D eigenvalue weighted by atomic mass is 28.4. The molecule has 1 heterocycles. The molecule has 0 fully saturated rings. The van der Waals surface area contributed by atoms with Gasteiger partial charge in [0.05, 0.1) is 0 Å². The molecule has 0 atom stereocenters. The zero-order valence-corrected chi connectivity index (χ0v) is 12.4. The first kappa shape index (κ1) is 14.4. The largest absolute Gasteiger partial charge is 0.544 e. The summed E-state index contributed by atoms with van der Waals surface area (Å²) in [5, 5.41) is 2.59. The number of amides is 1. The van der Waals surface area contributed by atoms with Crippen LogP contribution in [-0.2, 0) is 9.22 Å². The van der Waals surface area contributed by atoms with Crippen molar-refractivity contribution in [3.05, 3.63) is 36.2 Å². The molecule has 1 amide bonds. The standard InChI is InChI=1S/C13H20N2O2Si/c1-14-13(16)8-7-12(17-18(2,3)4)11-6-5-9-15-10-11/h5-7,9-10H,8H2,1-4H3,(H,14,16)/b12-7+. The van der Waals surface area contributed by atoms with Gasteiger partial charge in [-0.3, -0.25) is 9.78 Å². The van der Waals surface area contributed by atoms with Gasteiger partial charge in [0.25, 0.3) is 0 Å². The van der Waals surface area contributed by atoms with E-state index in [4.69, 9.17) is 4.43 Å². The molecule has 4 nitrogen and oxygen atoms in total. The van der Waals surface area contributed by atoms with Crippen LogP contribution < -0.4 is 5.32 Å². The third-order valence-corrected chi connectivity index (χ3v) is 2.95. The summed E-state index contributed by atoms with van der Waals surface area (Å²) in [4.78, 5) is 15.4. The van der Waals surface area contributed by atoms with Gasteiger partial charge in [0.15, 0.2) is 0 Å². The summed E-state index contributed by atoms with van der Waals surface area (Å²) in [5.74, 6) is 0.710. The Hall–Kier alpha value is -1.62. The van der Waals surface area contributed by atoms with E-state index >= 15 is 0 Å². The lowest BCUT2D eigenvalue weighted by molar-refractivity contribution is -0.119. The number of aromatic nitrogens is 1. The molecule has 0 spiro atoms. The van der Waals surface area contributed by atoms with Crippen molar-refractivity contribution in [2.45, 2.75) is 26.1 Å². The summed E-state index contributed by atoms with van der Waals surface area (Å²) in [6.07, 6.45) is 5.59. The highest BCUT2D eigenvalue weighted by molar-refractivity contribution is 6.70. The molecule has 1 aromatic rings. The Kier molecular flexibility index (Phi) is 5.09. The second-order valence-electron chi connectivity index (χ2n) is 4.90. The van der Waals surface area contributed by atoms with Crippen LogP contribution in [0.3, 0.4) is 0 Å². The molecule has 5 heteroatoms. The number of hydrogen-bond acceptors (Lipinski definition) is 3. The second-order valence-corrected chi connectivity index (χ2v) is 9.33. The van der Waals surface area contributed by atoms with Crippen molar-refractivity contribution < 1.29 is 9.22 Å². The van der Waals surface area contributed by atoms with E-state index in [0.717, 1.165) is 11.3 Å². The van der Waals surface area contributed by atoms with Crippen LogP contribution in [0.2, 0.25) is 19.6 Å². The van der Waals surface area contributed by atoms with Crippen molar-refractivity contribution in [1.29, 1.82) is 0 Å². The Morgan fingerprint density at radius 3 is 2.72 bits per heavy atom. The van der Waals surface area contributed by atoms with Gasteiger partial charge in [-0.25, -0.2) is 0 Å². The number of hydrogen-bond donors (Lipinski definition) is 1. The monoisotopic (exact) mass is 264 g/mol. The zero-order valence-electron chi connectivity index (χ0n) is 11.4. The van der Waals surface area contributed by atoms with Crippen LogP contribution >= 0.6 is 0 Å². The quantitative estimate of drug-likeness (QED) is 0.656. The number of nitrogens with zero attached hydrogens (tertiary/aromatic N) is 1. The predicted octanol–water partition coefficient (Wildman–Crippen LogP) is 2.41. The van der Waals surface area contributed by atoms with Gasteiger partial charge in [-0.15, -0.1) is 0 Å². The maximum absolute atomic E-state index is 11.3. The van der Waals surface area contributed by atoms with Gasteiger partial charge in [0, 0.05) is 31.4 Å². The first-order chi connectivity index (χ1) is 8.42. The molecule has 0 saturated heterocycles. The second kappa shape index (κ2) is 6.35. The number of carbonyl (C=O) groups is 1. The fraction of sp³-hybridized carbons (Fsp3) is 0.385. The predicted molar refractivity (Wildman–Crippen MR) is 75.3 cm³/mol. The number of nitrogens with one attached hydrogen (secondary N) is 1. The van der Waals surface area contributed by atoms with Crippen molar-refractivity contribution in [2.75, 3.05) is 7.05 Å². The smallest absolute Gasteiger partial charge is 0.242 e. The Bertz CT molecular complexity index is 424. The minimum Gasteiger partial charge on any atom is -0.544 e. The average molecular weight is 264 g/mol. The molecule has 98 valence electrons. The first-order valence-corrected chi connectivity index (χ1v) is 9.33. The normalized spacial score (nSPS) is 12.1. The van der Waals surface area contributed by atoms with Crippen molar-refractivity contribution in [2.24, 2.45) is 0 Å². The summed E-state index contributed by atoms with van der Waals surface area (Å²) in [6.45, 7) is 6.32. The molecule has 0 aromatic carbocycles. The van der Waals surface area contributed by atoms with Crippen LogP contribution in [0.4, 0.5) is 0 Å². The van der Waals surface area contributed by atoms with Crippen molar-refractivity contribution >= 4 is 20.0 Å². The maximum Gasteiger partial charge on any atom is 0.242 e. The number of rotatable bonds is 5. The van der Waals surface area contributed by atoms with Crippen molar-refractivity contribution in [1.82, 2.24) is 10.3 Å². The lowest BCUT2D eigenvalue weighted by atomic mass is 10.2. The molecular formula is C13H20N2O2Si. The summed E-state index contributed by atoms with van der Waals surface area (Å²) in [5.41, 5.74) is 0.906. The molecule has 0 aliphatic heterocycles. The van der Waals surface area contributed by atoms with E-state index in [-0.39, 0.29) is 5.91 Å². The Balaban J connectivity index is 2.92. The van der Waals surface area contributed by atoms with Crippen molar-refractivity contribution in [3.8, 4) is 0 Å². The molecule has 1 N–H and O–H groups in total.